The van der Waals surface area contributed by atoms with Gasteiger partial charge in [-0.3, -0.25) is 0 Å². The second-order valence-corrected chi connectivity index (χ2v) is 7.01. The number of aromatic nitrogens is 2. The third-order valence-corrected chi connectivity index (χ3v) is 4.62. The third-order valence-electron chi connectivity index (χ3n) is 4.30. The molecule has 1 aromatic heterocycles. The van der Waals surface area contributed by atoms with Crippen molar-refractivity contribution in [1.29, 1.82) is 0 Å². The zero-order chi connectivity index (χ0) is 13.3. The van der Waals surface area contributed by atoms with Crippen molar-refractivity contribution in [2.45, 2.75) is 71.3 Å². The Hall–Kier alpha value is -0.570. The molecule has 1 fully saturated rings. The summed E-state index contributed by atoms with van der Waals surface area (Å²) in [6, 6.07) is 0.608. The molecule has 1 aromatic rings. The lowest BCUT2D eigenvalue weighted by molar-refractivity contribution is 0.222. The summed E-state index contributed by atoms with van der Waals surface area (Å²) < 4.78 is 3.33. The summed E-state index contributed by atoms with van der Waals surface area (Å²) in [7, 11) is 0. The number of nitrogens with zero attached hydrogens (tertiary/aromatic N) is 1. The normalized spacial score (nSPS) is 25.3. The van der Waals surface area contributed by atoms with Gasteiger partial charge < -0.3 is 9.55 Å². The average molecular weight is 266 g/mol. The lowest BCUT2D eigenvalue weighted by Crippen LogP contribution is -2.28. The number of nitrogens with one attached hydrogen (secondary N) is 1. The molecule has 18 heavy (non-hydrogen) atoms. The van der Waals surface area contributed by atoms with E-state index in [4.69, 9.17) is 12.2 Å². The van der Waals surface area contributed by atoms with Gasteiger partial charge in [-0.15, -0.1) is 0 Å². The van der Waals surface area contributed by atoms with Crippen LogP contribution in [0.5, 0.6) is 0 Å². The minimum atomic E-state index is 0.156. The molecule has 0 saturated heterocycles. The summed E-state index contributed by atoms with van der Waals surface area (Å²) in [5, 5.41) is 0. The van der Waals surface area contributed by atoms with Crippen molar-refractivity contribution >= 4 is 12.2 Å². The van der Waals surface area contributed by atoms with Gasteiger partial charge in [0.05, 0.1) is 0 Å². The highest BCUT2D eigenvalue weighted by atomic mass is 32.1. The van der Waals surface area contributed by atoms with Crippen LogP contribution in [0.4, 0.5) is 0 Å². The van der Waals surface area contributed by atoms with Crippen molar-refractivity contribution in [2.24, 2.45) is 5.92 Å². The van der Waals surface area contributed by atoms with Gasteiger partial charge >= 0.3 is 0 Å². The number of rotatable bonds is 2. The number of hydrogen-bond acceptors (Lipinski definition) is 1. The molecule has 2 rings (SSSR count). The van der Waals surface area contributed by atoms with Crippen molar-refractivity contribution in [3.8, 4) is 0 Å². The number of aromatic amines is 1. The monoisotopic (exact) mass is 266 g/mol. The molecule has 3 heteroatoms. The molecule has 1 saturated carbocycles. The average Bonchev–Trinajstić information content (AvgIpc) is 2.70. The van der Waals surface area contributed by atoms with Crippen LogP contribution in [0.15, 0.2) is 6.20 Å². The summed E-state index contributed by atoms with van der Waals surface area (Å²) in [4.78, 5) is 3.26. The van der Waals surface area contributed by atoms with Crippen LogP contribution in [0.2, 0.25) is 0 Å². The van der Waals surface area contributed by atoms with E-state index in [0.717, 1.165) is 10.7 Å². The minimum absolute atomic E-state index is 0.156. The zero-order valence-electron chi connectivity index (χ0n) is 12.1. The van der Waals surface area contributed by atoms with E-state index >= 15 is 0 Å². The molecule has 0 aromatic carbocycles. The smallest absolute Gasteiger partial charge is 0.177 e. The van der Waals surface area contributed by atoms with E-state index in [1.807, 2.05) is 0 Å². The van der Waals surface area contributed by atoms with Crippen LogP contribution in [0.25, 0.3) is 0 Å². The highest BCUT2D eigenvalue weighted by Gasteiger charge is 2.30. The Labute approximate surface area is 116 Å². The van der Waals surface area contributed by atoms with Gasteiger partial charge in [0.15, 0.2) is 4.77 Å². The van der Waals surface area contributed by atoms with Crippen LogP contribution in [-0.2, 0) is 5.41 Å². The zero-order valence-corrected chi connectivity index (χ0v) is 12.9. The molecule has 1 aliphatic rings. The van der Waals surface area contributed by atoms with Gasteiger partial charge in [0.2, 0.25) is 0 Å². The molecule has 0 radical (unpaired) electrons. The SMILES string of the molecule is CCC1CCCCC1n1c(C(C)(C)C)c[nH]c1=S. The molecule has 1 N–H and O–H groups in total. The van der Waals surface area contributed by atoms with Gasteiger partial charge in [-0.2, -0.15) is 0 Å². The number of imidazole rings is 1. The second-order valence-electron chi connectivity index (χ2n) is 6.62. The van der Waals surface area contributed by atoms with E-state index < -0.39 is 0 Å². The first-order valence-corrected chi connectivity index (χ1v) is 7.66. The van der Waals surface area contributed by atoms with Crippen LogP contribution in [0.3, 0.4) is 0 Å². The predicted octanol–water partition coefficient (Wildman–Crippen LogP) is 4.98. The van der Waals surface area contributed by atoms with E-state index in [-0.39, 0.29) is 5.41 Å². The summed E-state index contributed by atoms with van der Waals surface area (Å²) in [5.41, 5.74) is 1.52. The molecule has 1 aliphatic carbocycles. The van der Waals surface area contributed by atoms with Gasteiger partial charge in [0.25, 0.3) is 0 Å². The Morgan fingerprint density at radius 1 is 1.33 bits per heavy atom. The maximum absolute atomic E-state index is 5.53. The molecule has 0 spiro atoms. The van der Waals surface area contributed by atoms with E-state index in [0.29, 0.717) is 6.04 Å². The topological polar surface area (TPSA) is 20.7 Å². The first-order valence-electron chi connectivity index (χ1n) is 7.25. The molecule has 1 heterocycles. The molecule has 102 valence electrons. The fourth-order valence-corrected chi connectivity index (χ4v) is 3.58. The first kappa shape index (κ1) is 13.9. The van der Waals surface area contributed by atoms with Crippen LogP contribution >= 0.6 is 12.2 Å². The van der Waals surface area contributed by atoms with Crippen LogP contribution < -0.4 is 0 Å². The van der Waals surface area contributed by atoms with Crippen molar-refractivity contribution in [3.63, 3.8) is 0 Å². The molecule has 0 aliphatic heterocycles. The Kier molecular flexibility index (Phi) is 4.00. The molecular formula is C15H26N2S. The van der Waals surface area contributed by atoms with Crippen LogP contribution in [0.1, 0.15) is 71.5 Å². The van der Waals surface area contributed by atoms with Gasteiger partial charge in [-0.05, 0) is 31.0 Å². The second kappa shape index (κ2) is 5.20. The van der Waals surface area contributed by atoms with Crippen molar-refractivity contribution in [3.05, 3.63) is 16.7 Å². The van der Waals surface area contributed by atoms with Crippen molar-refractivity contribution < 1.29 is 0 Å². The molecule has 2 nitrogen and oxygen atoms in total. The summed E-state index contributed by atoms with van der Waals surface area (Å²) in [6.07, 6.45) is 8.76. The molecule has 2 atom stereocenters. The van der Waals surface area contributed by atoms with Gasteiger partial charge in [0, 0.05) is 23.3 Å². The summed E-state index contributed by atoms with van der Waals surface area (Å²) in [6.45, 7) is 9.12. The summed E-state index contributed by atoms with van der Waals surface area (Å²) in [5.74, 6) is 0.794. The van der Waals surface area contributed by atoms with E-state index in [1.165, 1.54) is 37.8 Å². The standard InChI is InChI=1S/C15H26N2S/c1-5-11-8-6-7-9-12(11)17-13(15(2,3)4)10-16-14(17)18/h10-12H,5-9H2,1-4H3,(H,16,18). The Balaban J connectivity index is 2.43. The minimum Gasteiger partial charge on any atom is -0.337 e. The van der Waals surface area contributed by atoms with Gasteiger partial charge in [-0.25, -0.2) is 0 Å². The Morgan fingerprint density at radius 2 is 2.00 bits per heavy atom. The molecular weight excluding hydrogens is 240 g/mol. The maximum atomic E-state index is 5.53. The third kappa shape index (κ3) is 2.56. The van der Waals surface area contributed by atoms with E-state index in [1.54, 1.807) is 0 Å². The van der Waals surface area contributed by atoms with E-state index in [9.17, 15) is 0 Å². The van der Waals surface area contributed by atoms with Gasteiger partial charge in [-0.1, -0.05) is 47.0 Å². The summed E-state index contributed by atoms with van der Waals surface area (Å²) >= 11 is 5.53. The Morgan fingerprint density at radius 3 is 2.61 bits per heavy atom. The Bertz CT molecular complexity index is 450. The first-order chi connectivity index (χ1) is 8.45. The molecule has 2 unspecified atom stereocenters. The lowest BCUT2D eigenvalue weighted by Gasteiger charge is -2.35. The number of H-pyrrole nitrogens is 1. The quantitative estimate of drug-likeness (QED) is 0.748. The van der Waals surface area contributed by atoms with E-state index in [2.05, 4.69) is 43.4 Å². The predicted molar refractivity (Wildman–Crippen MR) is 79.6 cm³/mol. The lowest BCUT2D eigenvalue weighted by atomic mass is 9.81. The number of hydrogen-bond donors (Lipinski definition) is 1. The maximum Gasteiger partial charge on any atom is 0.177 e. The molecule has 0 amide bonds. The van der Waals surface area contributed by atoms with Gasteiger partial charge in [0.1, 0.15) is 0 Å². The van der Waals surface area contributed by atoms with Crippen molar-refractivity contribution in [1.82, 2.24) is 9.55 Å². The molecule has 0 bridgehead atoms. The highest BCUT2D eigenvalue weighted by Crippen LogP contribution is 2.38. The largest absolute Gasteiger partial charge is 0.337 e. The van der Waals surface area contributed by atoms with Crippen LogP contribution in [-0.4, -0.2) is 9.55 Å². The van der Waals surface area contributed by atoms with Crippen molar-refractivity contribution in [2.75, 3.05) is 0 Å². The fourth-order valence-electron chi connectivity index (χ4n) is 3.29. The highest BCUT2D eigenvalue weighted by molar-refractivity contribution is 7.71. The fraction of sp³-hybridized carbons (Fsp3) is 0.800. The van der Waals surface area contributed by atoms with Crippen LogP contribution in [0, 0.1) is 10.7 Å².